The molecule has 0 aliphatic heterocycles. The SMILES string of the molecule is Cc1ccc(C(N)c2cc(Cl)c(Br)cc2F)c(F)c1. The first kappa shape index (κ1) is 14.4. The van der Waals surface area contributed by atoms with Crippen molar-refractivity contribution >= 4 is 27.5 Å². The molecule has 2 N–H and O–H groups in total. The molecule has 0 aliphatic carbocycles. The van der Waals surface area contributed by atoms with Crippen LogP contribution in [0.4, 0.5) is 8.78 Å². The Hall–Kier alpha value is -0.970. The molecular weight excluding hydrogens is 336 g/mol. The Balaban J connectivity index is 2.49. The molecule has 0 radical (unpaired) electrons. The van der Waals surface area contributed by atoms with E-state index >= 15 is 0 Å². The van der Waals surface area contributed by atoms with E-state index in [4.69, 9.17) is 17.3 Å². The Morgan fingerprint density at radius 2 is 1.74 bits per heavy atom. The first-order chi connectivity index (χ1) is 8.90. The van der Waals surface area contributed by atoms with E-state index in [-0.39, 0.29) is 11.1 Å². The highest BCUT2D eigenvalue weighted by atomic mass is 79.9. The van der Waals surface area contributed by atoms with Crippen molar-refractivity contribution in [3.63, 3.8) is 0 Å². The van der Waals surface area contributed by atoms with Crippen LogP contribution in [0, 0.1) is 18.6 Å². The third kappa shape index (κ3) is 2.96. The minimum Gasteiger partial charge on any atom is -0.320 e. The van der Waals surface area contributed by atoms with Crippen LogP contribution in [0.5, 0.6) is 0 Å². The standard InChI is InChI=1S/C14H11BrClF2N/c1-7-2-3-8(12(17)4-7)14(19)9-5-11(16)10(15)6-13(9)18/h2-6,14H,19H2,1H3. The molecule has 0 bridgehead atoms. The third-order valence-electron chi connectivity index (χ3n) is 2.87. The molecular formula is C14H11BrClF2N. The number of rotatable bonds is 2. The van der Waals surface area contributed by atoms with Crippen molar-refractivity contribution in [1.82, 2.24) is 0 Å². The normalized spacial score (nSPS) is 12.5. The van der Waals surface area contributed by atoms with Crippen LogP contribution in [0.3, 0.4) is 0 Å². The predicted octanol–water partition coefficient (Wildman–Crippen LogP) is 4.74. The van der Waals surface area contributed by atoms with Gasteiger partial charge in [0, 0.05) is 15.6 Å². The van der Waals surface area contributed by atoms with Gasteiger partial charge in [-0.15, -0.1) is 0 Å². The minimum atomic E-state index is -0.897. The van der Waals surface area contributed by atoms with E-state index in [0.29, 0.717) is 9.50 Å². The molecule has 0 heterocycles. The average Bonchev–Trinajstić information content (AvgIpc) is 2.33. The number of aryl methyl sites for hydroxylation is 1. The number of hydrogen-bond acceptors (Lipinski definition) is 1. The van der Waals surface area contributed by atoms with Crippen LogP contribution >= 0.6 is 27.5 Å². The van der Waals surface area contributed by atoms with Crippen molar-refractivity contribution in [2.45, 2.75) is 13.0 Å². The van der Waals surface area contributed by atoms with Crippen molar-refractivity contribution in [2.75, 3.05) is 0 Å². The maximum absolute atomic E-state index is 13.9. The summed E-state index contributed by atoms with van der Waals surface area (Å²) in [7, 11) is 0. The summed E-state index contributed by atoms with van der Waals surface area (Å²) in [5.74, 6) is -0.977. The number of hydrogen-bond donors (Lipinski definition) is 1. The molecule has 0 aliphatic rings. The second kappa shape index (κ2) is 5.57. The molecule has 0 spiro atoms. The number of nitrogens with two attached hydrogens (primary N) is 1. The Morgan fingerprint density at radius 1 is 1.11 bits per heavy atom. The molecule has 1 nitrogen and oxygen atoms in total. The van der Waals surface area contributed by atoms with Gasteiger partial charge in [-0.1, -0.05) is 23.7 Å². The highest BCUT2D eigenvalue weighted by Crippen LogP contribution is 2.31. The minimum absolute atomic E-state index is 0.163. The van der Waals surface area contributed by atoms with E-state index in [1.54, 1.807) is 19.1 Å². The molecule has 1 unspecified atom stereocenters. The smallest absolute Gasteiger partial charge is 0.129 e. The maximum Gasteiger partial charge on any atom is 0.129 e. The second-order valence-electron chi connectivity index (χ2n) is 4.29. The fourth-order valence-corrected chi connectivity index (χ4v) is 2.32. The summed E-state index contributed by atoms with van der Waals surface area (Å²) in [5.41, 5.74) is 7.12. The van der Waals surface area contributed by atoms with E-state index in [9.17, 15) is 8.78 Å². The lowest BCUT2D eigenvalue weighted by Gasteiger charge is -2.15. The van der Waals surface area contributed by atoms with E-state index in [1.807, 2.05) is 0 Å². The Morgan fingerprint density at radius 3 is 2.37 bits per heavy atom. The summed E-state index contributed by atoms with van der Waals surface area (Å²) >= 11 is 9.04. The second-order valence-corrected chi connectivity index (χ2v) is 5.55. The predicted molar refractivity (Wildman–Crippen MR) is 76.3 cm³/mol. The summed E-state index contributed by atoms with van der Waals surface area (Å²) in [6.45, 7) is 1.77. The highest BCUT2D eigenvalue weighted by Gasteiger charge is 2.18. The molecule has 2 rings (SSSR count). The summed E-state index contributed by atoms with van der Waals surface area (Å²) in [4.78, 5) is 0. The zero-order chi connectivity index (χ0) is 14.2. The van der Waals surface area contributed by atoms with Gasteiger partial charge in [-0.25, -0.2) is 8.78 Å². The lowest BCUT2D eigenvalue weighted by atomic mass is 9.97. The summed E-state index contributed by atoms with van der Waals surface area (Å²) < 4.78 is 28.2. The van der Waals surface area contributed by atoms with Crippen molar-refractivity contribution in [3.8, 4) is 0 Å². The molecule has 19 heavy (non-hydrogen) atoms. The average molecular weight is 347 g/mol. The molecule has 1 atom stereocenters. The molecule has 0 aromatic heterocycles. The van der Waals surface area contributed by atoms with Crippen molar-refractivity contribution < 1.29 is 8.78 Å². The fourth-order valence-electron chi connectivity index (χ4n) is 1.83. The molecule has 0 saturated heterocycles. The van der Waals surface area contributed by atoms with Crippen molar-refractivity contribution in [1.29, 1.82) is 0 Å². The van der Waals surface area contributed by atoms with Crippen molar-refractivity contribution in [2.24, 2.45) is 5.73 Å². The van der Waals surface area contributed by atoms with Crippen LogP contribution in [0.1, 0.15) is 22.7 Å². The molecule has 100 valence electrons. The lowest BCUT2D eigenvalue weighted by Crippen LogP contribution is -2.15. The van der Waals surface area contributed by atoms with Gasteiger partial charge < -0.3 is 5.73 Å². The van der Waals surface area contributed by atoms with E-state index in [0.717, 1.165) is 5.56 Å². The molecule has 0 saturated carbocycles. The van der Waals surface area contributed by atoms with Crippen LogP contribution in [0.2, 0.25) is 5.02 Å². The molecule has 2 aromatic carbocycles. The van der Waals surface area contributed by atoms with Crippen LogP contribution in [0.15, 0.2) is 34.8 Å². The maximum atomic E-state index is 13.9. The fraction of sp³-hybridized carbons (Fsp3) is 0.143. The third-order valence-corrected chi connectivity index (χ3v) is 4.06. The number of benzene rings is 2. The zero-order valence-electron chi connectivity index (χ0n) is 10.1. The van der Waals surface area contributed by atoms with E-state index in [1.165, 1.54) is 18.2 Å². The number of halogens is 4. The quantitative estimate of drug-likeness (QED) is 0.781. The van der Waals surface area contributed by atoms with Gasteiger partial charge in [0.05, 0.1) is 11.1 Å². The lowest BCUT2D eigenvalue weighted by molar-refractivity contribution is 0.575. The van der Waals surface area contributed by atoms with E-state index in [2.05, 4.69) is 15.9 Å². The molecule has 5 heteroatoms. The molecule has 2 aromatic rings. The Kier molecular flexibility index (Phi) is 4.23. The molecule has 0 fully saturated rings. The zero-order valence-corrected chi connectivity index (χ0v) is 12.4. The summed E-state index contributed by atoms with van der Waals surface area (Å²) in [6, 6.07) is 6.40. The van der Waals surface area contributed by atoms with Gasteiger partial charge in [0.2, 0.25) is 0 Å². The van der Waals surface area contributed by atoms with Crippen molar-refractivity contribution in [3.05, 3.63) is 68.2 Å². The van der Waals surface area contributed by atoms with Gasteiger partial charge >= 0.3 is 0 Å². The van der Waals surface area contributed by atoms with Crippen LogP contribution in [-0.4, -0.2) is 0 Å². The summed E-state index contributed by atoms with van der Waals surface area (Å²) in [6.07, 6.45) is 0. The van der Waals surface area contributed by atoms with Gasteiger partial charge in [-0.3, -0.25) is 0 Å². The van der Waals surface area contributed by atoms with Gasteiger partial charge in [-0.2, -0.15) is 0 Å². The van der Waals surface area contributed by atoms with Crippen LogP contribution in [0.25, 0.3) is 0 Å². The Labute approximate surface area is 123 Å². The topological polar surface area (TPSA) is 26.0 Å². The van der Waals surface area contributed by atoms with Gasteiger partial charge in [-0.05, 0) is 46.6 Å². The monoisotopic (exact) mass is 345 g/mol. The van der Waals surface area contributed by atoms with E-state index < -0.39 is 17.7 Å². The van der Waals surface area contributed by atoms with Crippen LogP contribution < -0.4 is 5.73 Å². The van der Waals surface area contributed by atoms with Gasteiger partial charge in [0.1, 0.15) is 11.6 Å². The first-order valence-corrected chi connectivity index (χ1v) is 6.73. The Bertz CT molecular complexity index is 631. The van der Waals surface area contributed by atoms with Crippen LogP contribution in [-0.2, 0) is 0 Å². The van der Waals surface area contributed by atoms with Gasteiger partial charge in [0.25, 0.3) is 0 Å². The summed E-state index contributed by atoms with van der Waals surface area (Å²) in [5, 5.41) is 0.333. The van der Waals surface area contributed by atoms with Gasteiger partial charge in [0.15, 0.2) is 0 Å². The highest BCUT2D eigenvalue weighted by molar-refractivity contribution is 9.10. The molecule has 0 amide bonds. The largest absolute Gasteiger partial charge is 0.320 e. The first-order valence-electron chi connectivity index (χ1n) is 5.56.